The standard InChI is InChI=1S/C20H25F3N6.2ClH/c1-25-14-6-7-29(11-14)18-16-4-2-3-5-17(16)27-19(28-18)26-15-9-12(20(21,22)23)8-13(24)10-15;;/h8-10,14,25H,2-7,11,24H2,1H3,(H,26,27,28);2*1H/t14-;;/m0../s1. The second kappa shape index (κ2) is 10.1. The number of nitrogen functional groups attached to an aromatic ring is 1. The Labute approximate surface area is 192 Å². The lowest BCUT2D eigenvalue weighted by molar-refractivity contribution is -0.137. The molecular formula is C20H27Cl2F3N6. The quantitative estimate of drug-likeness (QED) is 0.567. The van der Waals surface area contributed by atoms with Gasteiger partial charge in [-0.1, -0.05) is 0 Å². The van der Waals surface area contributed by atoms with Gasteiger partial charge in [0.15, 0.2) is 0 Å². The van der Waals surface area contributed by atoms with Gasteiger partial charge >= 0.3 is 6.18 Å². The molecule has 4 N–H and O–H groups in total. The van der Waals surface area contributed by atoms with Gasteiger partial charge in [-0.25, -0.2) is 4.98 Å². The van der Waals surface area contributed by atoms with Crippen LogP contribution in [0.15, 0.2) is 18.2 Å². The molecule has 1 saturated heterocycles. The van der Waals surface area contributed by atoms with Gasteiger partial charge in [0.2, 0.25) is 5.95 Å². The van der Waals surface area contributed by atoms with Crippen LogP contribution in [0, 0.1) is 0 Å². The highest BCUT2D eigenvalue weighted by atomic mass is 35.5. The van der Waals surface area contributed by atoms with Gasteiger partial charge in [-0.2, -0.15) is 18.2 Å². The molecule has 11 heteroatoms. The minimum Gasteiger partial charge on any atom is -0.399 e. The van der Waals surface area contributed by atoms with Gasteiger partial charge in [0, 0.05) is 36.1 Å². The van der Waals surface area contributed by atoms with Crippen molar-refractivity contribution in [1.29, 1.82) is 0 Å². The predicted octanol–water partition coefficient (Wildman–Crippen LogP) is 4.34. The summed E-state index contributed by atoms with van der Waals surface area (Å²) in [4.78, 5) is 11.6. The number of benzene rings is 1. The molecule has 1 aliphatic heterocycles. The summed E-state index contributed by atoms with van der Waals surface area (Å²) in [6, 6.07) is 3.83. The van der Waals surface area contributed by atoms with Crippen LogP contribution in [0.1, 0.15) is 36.1 Å². The Balaban J connectivity index is 0.00000171. The van der Waals surface area contributed by atoms with Gasteiger partial charge < -0.3 is 21.3 Å². The molecule has 2 aromatic rings. The lowest BCUT2D eigenvalue weighted by Crippen LogP contribution is -2.31. The summed E-state index contributed by atoms with van der Waals surface area (Å²) in [6.07, 6.45) is 0.505. The molecule has 0 bridgehead atoms. The van der Waals surface area contributed by atoms with E-state index < -0.39 is 11.7 Å². The minimum atomic E-state index is -4.47. The fourth-order valence-corrected chi connectivity index (χ4v) is 4.10. The summed E-state index contributed by atoms with van der Waals surface area (Å²) in [7, 11) is 1.95. The zero-order chi connectivity index (χ0) is 20.6. The molecule has 1 fully saturated rings. The van der Waals surface area contributed by atoms with E-state index in [1.54, 1.807) is 0 Å². The molecule has 0 spiro atoms. The van der Waals surface area contributed by atoms with E-state index in [0.717, 1.165) is 68.8 Å². The molecule has 6 nitrogen and oxygen atoms in total. The number of aryl methyl sites for hydroxylation is 1. The second-order valence-electron chi connectivity index (χ2n) is 7.69. The first-order valence-corrected chi connectivity index (χ1v) is 9.90. The number of nitrogens with two attached hydrogens (primary N) is 1. The average Bonchev–Trinajstić information content (AvgIpc) is 3.15. The Bertz CT molecular complexity index is 909. The first kappa shape index (κ1) is 25.3. The van der Waals surface area contributed by atoms with Crippen molar-refractivity contribution in [1.82, 2.24) is 15.3 Å². The van der Waals surface area contributed by atoms with E-state index in [4.69, 9.17) is 10.7 Å². The van der Waals surface area contributed by atoms with E-state index in [-0.39, 0.29) is 36.2 Å². The smallest absolute Gasteiger partial charge is 0.399 e. The summed E-state index contributed by atoms with van der Waals surface area (Å²) in [5.74, 6) is 1.21. The van der Waals surface area contributed by atoms with Gasteiger partial charge in [0.1, 0.15) is 5.82 Å². The fraction of sp³-hybridized carbons (Fsp3) is 0.500. The number of anilines is 4. The van der Waals surface area contributed by atoms with E-state index in [2.05, 4.69) is 20.5 Å². The maximum Gasteiger partial charge on any atom is 0.416 e. The number of nitrogens with zero attached hydrogens (tertiary/aromatic N) is 3. The van der Waals surface area contributed by atoms with Crippen LogP contribution in [0.25, 0.3) is 0 Å². The van der Waals surface area contributed by atoms with Crippen molar-refractivity contribution in [2.24, 2.45) is 0 Å². The number of likely N-dealkylation sites (N-methyl/N-ethyl adjacent to an activating group) is 1. The molecule has 1 aliphatic carbocycles. The van der Waals surface area contributed by atoms with Crippen LogP contribution in [0.3, 0.4) is 0 Å². The molecule has 172 valence electrons. The van der Waals surface area contributed by atoms with Crippen molar-refractivity contribution in [3.63, 3.8) is 0 Å². The number of alkyl halides is 3. The number of rotatable bonds is 4. The highest BCUT2D eigenvalue weighted by Crippen LogP contribution is 2.35. The Morgan fingerprint density at radius 1 is 1.10 bits per heavy atom. The largest absolute Gasteiger partial charge is 0.416 e. The third-order valence-corrected chi connectivity index (χ3v) is 5.60. The van der Waals surface area contributed by atoms with Crippen LogP contribution < -0.4 is 21.3 Å². The van der Waals surface area contributed by atoms with Crippen molar-refractivity contribution in [2.45, 2.75) is 44.3 Å². The van der Waals surface area contributed by atoms with Gasteiger partial charge in [0.05, 0.1) is 11.3 Å². The molecule has 2 heterocycles. The van der Waals surface area contributed by atoms with Crippen LogP contribution in [-0.4, -0.2) is 36.1 Å². The molecule has 1 aromatic heterocycles. The van der Waals surface area contributed by atoms with E-state index in [9.17, 15) is 13.2 Å². The Morgan fingerprint density at radius 3 is 2.52 bits per heavy atom. The van der Waals surface area contributed by atoms with Crippen LogP contribution >= 0.6 is 24.8 Å². The van der Waals surface area contributed by atoms with Crippen molar-refractivity contribution in [3.8, 4) is 0 Å². The summed E-state index contributed by atoms with van der Waals surface area (Å²) in [5.41, 5.74) is 7.31. The number of nitrogens with one attached hydrogen (secondary N) is 2. The molecule has 0 amide bonds. The monoisotopic (exact) mass is 478 g/mol. The normalized spacial score (nSPS) is 18.1. The maximum atomic E-state index is 13.1. The van der Waals surface area contributed by atoms with Crippen LogP contribution in [0.4, 0.5) is 36.3 Å². The number of aromatic nitrogens is 2. The molecular weight excluding hydrogens is 452 g/mol. The van der Waals surface area contributed by atoms with Gasteiger partial charge in [-0.3, -0.25) is 0 Å². The molecule has 1 atom stereocenters. The molecule has 4 rings (SSSR count). The lowest BCUT2D eigenvalue weighted by atomic mass is 9.96. The molecule has 0 saturated carbocycles. The average molecular weight is 479 g/mol. The zero-order valence-corrected chi connectivity index (χ0v) is 18.8. The highest BCUT2D eigenvalue weighted by Gasteiger charge is 2.31. The topological polar surface area (TPSA) is 79.1 Å². The summed E-state index contributed by atoms with van der Waals surface area (Å²) in [5, 5.41) is 6.26. The number of halogens is 5. The first-order valence-electron chi connectivity index (χ1n) is 9.90. The van der Waals surface area contributed by atoms with Gasteiger partial charge in [-0.15, -0.1) is 24.8 Å². The highest BCUT2D eigenvalue weighted by molar-refractivity contribution is 5.85. The van der Waals surface area contributed by atoms with Crippen molar-refractivity contribution in [2.75, 3.05) is 36.1 Å². The van der Waals surface area contributed by atoms with Crippen LogP contribution in [0.2, 0.25) is 0 Å². The Hall–Kier alpha value is -1.97. The maximum absolute atomic E-state index is 13.1. The second-order valence-corrected chi connectivity index (χ2v) is 7.69. The van der Waals surface area contributed by atoms with E-state index in [1.165, 1.54) is 11.6 Å². The van der Waals surface area contributed by atoms with Gasteiger partial charge in [-0.05, 0) is 57.4 Å². The SMILES string of the molecule is CN[C@H]1CCN(c2nc(Nc3cc(N)cc(C(F)(F)F)c3)nc3c2CCCC3)C1.Cl.Cl. The first-order chi connectivity index (χ1) is 13.8. The summed E-state index contributed by atoms with van der Waals surface area (Å²) >= 11 is 0. The minimum absolute atomic E-state index is 0. The van der Waals surface area contributed by atoms with E-state index in [0.29, 0.717) is 12.0 Å². The van der Waals surface area contributed by atoms with E-state index in [1.807, 2.05) is 7.05 Å². The molecule has 0 unspecified atom stereocenters. The third kappa shape index (κ3) is 5.64. The van der Waals surface area contributed by atoms with Crippen molar-refractivity contribution < 1.29 is 13.2 Å². The fourth-order valence-electron chi connectivity index (χ4n) is 4.10. The molecule has 1 aromatic carbocycles. The summed E-state index contributed by atoms with van der Waals surface area (Å²) < 4.78 is 39.4. The number of fused-ring (bicyclic) bond motifs is 1. The zero-order valence-electron chi connectivity index (χ0n) is 17.1. The van der Waals surface area contributed by atoms with Crippen LogP contribution in [0.5, 0.6) is 0 Å². The number of hydrogen-bond acceptors (Lipinski definition) is 6. The van der Waals surface area contributed by atoms with Gasteiger partial charge in [0.25, 0.3) is 0 Å². The van der Waals surface area contributed by atoms with Crippen LogP contribution in [-0.2, 0) is 19.0 Å². The third-order valence-electron chi connectivity index (χ3n) is 5.60. The molecule has 0 radical (unpaired) electrons. The molecule has 31 heavy (non-hydrogen) atoms. The molecule has 2 aliphatic rings. The van der Waals surface area contributed by atoms with E-state index >= 15 is 0 Å². The Morgan fingerprint density at radius 2 is 1.84 bits per heavy atom. The number of hydrogen-bond donors (Lipinski definition) is 3. The van der Waals surface area contributed by atoms with Crippen molar-refractivity contribution in [3.05, 3.63) is 35.0 Å². The Kier molecular flexibility index (Phi) is 8.24. The predicted molar refractivity (Wildman–Crippen MR) is 122 cm³/mol. The summed E-state index contributed by atoms with van der Waals surface area (Å²) in [6.45, 7) is 1.75. The van der Waals surface area contributed by atoms with Crippen molar-refractivity contribution >= 4 is 48.0 Å². The lowest BCUT2D eigenvalue weighted by Gasteiger charge is -2.25.